The summed E-state index contributed by atoms with van der Waals surface area (Å²) in [4.78, 5) is 11.6. The molecule has 2 rings (SSSR count). The van der Waals surface area contributed by atoms with Crippen LogP contribution in [-0.2, 0) is 7.05 Å². The van der Waals surface area contributed by atoms with Crippen LogP contribution < -0.4 is 5.43 Å². The van der Waals surface area contributed by atoms with E-state index in [1.807, 2.05) is 48.1 Å². The lowest BCUT2D eigenvalue weighted by Gasteiger charge is -2.02. The van der Waals surface area contributed by atoms with Crippen LogP contribution >= 0.6 is 0 Å². The van der Waals surface area contributed by atoms with Gasteiger partial charge in [-0.15, -0.1) is 0 Å². The third kappa shape index (κ3) is 1.59. The topological polar surface area (TPSA) is 22.0 Å². The van der Waals surface area contributed by atoms with Gasteiger partial charge in [0.1, 0.15) is 0 Å². The Morgan fingerprint density at radius 2 is 1.79 bits per heavy atom. The minimum Gasteiger partial charge on any atom is -0.356 e. The first-order valence-electron chi connectivity index (χ1n) is 4.49. The Balaban J connectivity index is 2.63. The van der Waals surface area contributed by atoms with Crippen molar-refractivity contribution >= 4 is 0 Å². The Kier molecular flexibility index (Phi) is 2.19. The van der Waals surface area contributed by atoms with Gasteiger partial charge in [-0.3, -0.25) is 4.79 Å². The monoisotopic (exact) mass is 185 g/mol. The Bertz CT molecular complexity index is 485. The molecule has 0 spiro atoms. The fraction of sp³-hybridized carbons (Fsp3) is 0.0833. The molecule has 0 N–H and O–H groups in total. The summed E-state index contributed by atoms with van der Waals surface area (Å²) in [6.45, 7) is 0. The molecule has 0 radical (unpaired) electrons. The van der Waals surface area contributed by atoms with Crippen LogP contribution in [0.25, 0.3) is 11.1 Å². The number of hydrogen-bond acceptors (Lipinski definition) is 1. The van der Waals surface area contributed by atoms with Gasteiger partial charge in [0.25, 0.3) is 0 Å². The fourth-order valence-corrected chi connectivity index (χ4v) is 1.42. The molecule has 2 aromatic rings. The summed E-state index contributed by atoms with van der Waals surface area (Å²) in [5.74, 6) is 0. The first-order chi connectivity index (χ1) is 6.77. The van der Waals surface area contributed by atoms with Gasteiger partial charge in [0, 0.05) is 31.1 Å². The highest BCUT2D eigenvalue weighted by Crippen LogP contribution is 2.13. The minimum absolute atomic E-state index is 0.0642. The van der Waals surface area contributed by atoms with E-state index in [4.69, 9.17) is 0 Å². The number of aryl methyl sites for hydroxylation is 1. The molecule has 0 fully saturated rings. The second-order valence-electron chi connectivity index (χ2n) is 3.25. The van der Waals surface area contributed by atoms with E-state index in [0.717, 1.165) is 11.1 Å². The van der Waals surface area contributed by atoms with Crippen molar-refractivity contribution in [3.05, 3.63) is 59.0 Å². The molecule has 0 bridgehead atoms. The van der Waals surface area contributed by atoms with Crippen LogP contribution in [0.15, 0.2) is 53.6 Å². The molecular formula is C12H11NO. The molecule has 0 atom stereocenters. The van der Waals surface area contributed by atoms with Gasteiger partial charge in [-0.1, -0.05) is 30.3 Å². The molecule has 2 nitrogen and oxygen atoms in total. The van der Waals surface area contributed by atoms with Gasteiger partial charge >= 0.3 is 0 Å². The van der Waals surface area contributed by atoms with Crippen molar-refractivity contribution in [3.63, 3.8) is 0 Å². The predicted molar refractivity (Wildman–Crippen MR) is 57.1 cm³/mol. The van der Waals surface area contributed by atoms with Gasteiger partial charge in [-0.25, -0.2) is 0 Å². The van der Waals surface area contributed by atoms with Crippen LogP contribution in [0.4, 0.5) is 0 Å². The molecule has 0 saturated carbocycles. The van der Waals surface area contributed by atoms with Gasteiger partial charge < -0.3 is 4.57 Å². The Hall–Kier alpha value is -1.83. The molecule has 1 heterocycles. The smallest absolute Gasteiger partial charge is 0.189 e. The molecule has 0 aliphatic rings. The molecule has 1 aromatic heterocycles. The van der Waals surface area contributed by atoms with Crippen LogP contribution in [0.5, 0.6) is 0 Å². The second kappa shape index (κ2) is 3.50. The zero-order valence-electron chi connectivity index (χ0n) is 7.97. The summed E-state index contributed by atoms with van der Waals surface area (Å²) in [5.41, 5.74) is 1.78. The van der Waals surface area contributed by atoms with Gasteiger partial charge in [-0.05, 0) is 5.56 Å². The Morgan fingerprint density at radius 3 is 2.50 bits per heavy atom. The lowest BCUT2D eigenvalue weighted by atomic mass is 10.1. The van der Waals surface area contributed by atoms with Crippen molar-refractivity contribution in [3.8, 4) is 11.1 Å². The molecule has 0 aliphatic heterocycles. The zero-order valence-corrected chi connectivity index (χ0v) is 7.97. The predicted octanol–water partition coefficient (Wildman–Crippen LogP) is 2.05. The van der Waals surface area contributed by atoms with Crippen LogP contribution in [-0.4, -0.2) is 4.57 Å². The highest BCUT2D eigenvalue weighted by Gasteiger charge is 2.00. The number of aromatic nitrogens is 1. The quantitative estimate of drug-likeness (QED) is 0.666. The molecular weight excluding hydrogens is 174 g/mol. The summed E-state index contributed by atoms with van der Waals surface area (Å²) in [5, 5.41) is 0. The van der Waals surface area contributed by atoms with Gasteiger partial charge in [0.05, 0.1) is 0 Å². The zero-order chi connectivity index (χ0) is 9.97. The van der Waals surface area contributed by atoms with Crippen LogP contribution in [0.1, 0.15) is 0 Å². The molecule has 0 aliphatic carbocycles. The molecule has 2 heteroatoms. The largest absolute Gasteiger partial charge is 0.356 e. The van der Waals surface area contributed by atoms with Gasteiger partial charge in [0.15, 0.2) is 5.43 Å². The highest BCUT2D eigenvalue weighted by molar-refractivity contribution is 5.61. The van der Waals surface area contributed by atoms with Crippen molar-refractivity contribution in [2.45, 2.75) is 0 Å². The first kappa shape index (κ1) is 8.75. The van der Waals surface area contributed by atoms with E-state index < -0.39 is 0 Å². The van der Waals surface area contributed by atoms with Gasteiger partial charge in [0.2, 0.25) is 0 Å². The third-order valence-electron chi connectivity index (χ3n) is 2.14. The summed E-state index contributed by atoms with van der Waals surface area (Å²) in [6.07, 6.45) is 3.60. The lowest BCUT2D eigenvalue weighted by Crippen LogP contribution is -2.05. The molecule has 14 heavy (non-hydrogen) atoms. The van der Waals surface area contributed by atoms with E-state index in [9.17, 15) is 4.79 Å². The average molecular weight is 185 g/mol. The third-order valence-corrected chi connectivity index (χ3v) is 2.14. The second-order valence-corrected chi connectivity index (χ2v) is 3.25. The molecule has 0 saturated heterocycles. The van der Waals surface area contributed by atoms with Crippen molar-refractivity contribution in [1.82, 2.24) is 4.57 Å². The van der Waals surface area contributed by atoms with Crippen molar-refractivity contribution < 1.29 is 0 Å². The van der Waals surface area contributed by atoms with Crippen molar-refractivity contribution in [1.29, 1.82) is 0 Å². The molecule has 0 unspecified atom stereocenters. The van der Waals surface area contributed by atoms with E-state index >= 15 is 0 Å². The number of rotatable bonds is 1. The number of nitrogens with zero attached hydrogens (tertiary/aromatic N) is 1. The van der Waals surface area contributed by atoms with E-state index in [2.05, 4.69) is 0 Å². The SMILES string of the molecule is Cn1ccc(=O)c(-c2ccccc2)c1. The minimum atomic E-state index is 0.0642. The summed E-state index contributed by atoms with van der Waals surface area (Å²) in [7, 11) is 1.91. The van der Waals surface area contributed by atoms with E-state index in [1.54, 1.807) is 12.3 Å². The van der Waals surface area contributed by atoms with E-state index in [0.29, 0.717) is 0 Å². The summed E-state index contributed by atoms with van der Waals surface area (Å²) < 4.78 is 1.88. The maximum absolute atomic E-state index is 11.6. The van der Waals surface area contributed by atoms with E-state index in [-0.39, 0.29) is 5.43 Å². The summed E-state index contributed by atoms with van der Waals surface area (Å²) in [6, 6.07) is 11.3. The summed E-state index contributed by atoms with van der Waals surface area (Å²) >= 11 is 0. The van der Waals surface area contributed by atoms with Crippen molar-refractivity contribution in [2.75, 3.05) is 0 Å². The molecule has 70 valence electrons. The highest BCUT2D eigenvalue weighted by atomic mass is 16.1. The van der Waals surface area contributed by atoms with E-state index in [1.165, 1.54) is 0 Å². The molecule has 0 amide bonds. The number of pyridine rings is 1. The van der Waals surface area contributed by atoms with Gasteiger partial charge in [-0.2, -0.15) is 0 Å². The first-order valence-corrected chi connectivity index (χ1v) is 4.49. The van der Waals surface area contributed by atoms with Crippen LogP contribution in [0.3, 0.4) is 0 Å². The lowest BCUT2D eigenvalue weighted by molar-refractivity contribution is 0.902. The maximum Gasteiger partial charge on any atom is 0.189 e. The normalized spacial score (nSPS) is 10.1. The van der Waals surface area contributed by atoms with Crippen LogP contribution in [0, 0.1) is 0 Å². The average Bonchev–Trinajstić information content (AvgIpc) is 2.23. The van der Waals surface area contributed by atoms with Crippen molar-refractivity contribution in [2.24, 2.45) is 7.05 Å². The number of hydrogen-bond donors (Lipinski definition) is 0. The number of benzene rings is 1. The maximum atomic E-state index is 11.6. The Morgan fingerprint density at radius 1 is 1.07 bits per heavy atom. The van der Waals surface area contributed by atoms with Crippen LogP contribution in [0.2, 0.25) is 0 Å². The molecule has 1 aromatic carbocycles. The standard InChI is InChI=1S/C12H11NO/c1-13-8-7-12(14)11(9-13)10-5-3-2-4-6-10/h2-9H,1H3. The fourth-order valence-electron chi connectivity index (χ4n) is 1.42. The Labute approximate surface area is 82.4 Å².